The minimum atomic E-state index is 0.209. The average Bonchev–Trinajstić information content (AvgIpc) is 3.41. The smallest absolute Gasteiger partial charge is 0.143 e. The molecule has 3 aliphatic heterocycles. The number of halogens is 1. The minimum absolute atomic E-state index is 0.209. The van der Waals surface area contributed by atoms with Crippen LogP contribution in [0.4, 0.5) is 5.82 Å². The Morgan fingerprint density at radius 2 is 2.07 bits per heavy atom. The molecule has 4 atom stereocenters. The molecule has 29 heavy (non-hydrogen) atoms. The third kappa shape index (κ3) is 3.82. The first-order chi connectivity index (χ1) is 14.2. The molecule has 0 radical (unpaired) electrons. The zero-order valence-corrected chi connectivity index (χ0v) is 18.3. The number of anilines is 1. The van der Waals surface area contributed by atoms with Crippen molar-refractivity contribution in [2.45, 2.75) is 38.0 Å². The Morgan fingerprint density at radius 1 is 1.21 bits per heavy atom. The molecular formula is C20H29BrN8. The van der Waals surface area contributed by atoms with Crippen LogP contribution >= 0.6 is 15.9 Å². The van der Waals surface area contributed by atoms with Crippen LogP contribution in [0.5, 0.6) is 0 Å². The van der Waals surface area contributed by atoms with Crippen LogP contribution < -0.4 is 26.4 Å². The number of hydrazine groups is 1. The molecule has 3 saturated heterocycles. The lowest BCUT2D eigenvalue weighted by molar-refractivity contribution is 0.265. The van der Waals surface area contributed by atoms with E-state index >= 15 is 0 Å². The van der Waals surface area contributed by atoms with Gasteiger partial charge in [-0.3, -0.25) is 10.1 Å². The molecule has 3 fully saturated rings. The maximum atomic E-state index is 5.10. The monoisotopic (exact) mass is 460 g/mol. The highest BCUT2D eigenvalue weighted by Crippen LogP contribution is 2.39. The molecule has 0 aromatic carbocycles. The molecule has 0 aliphatic carbocycles. The van der Waals surface area contributed by atoms with Crippen molar-refractivity contribution >= 4 is 21.7 Å². The molecule has 2 aromatic heterocycles. The summed E-state index contributed by atoms with van der Waals surface area (Å²) in [5.41, 5.74) is 9.43. The lowest BCUT2D eigenvalue weighted by Gasteiger charge is -2.34. The fraction of sp³-hybridized carbons (Fsp3) is 0.600. The molecule has 0 bridgehead atoms. The number of aryl methyl sites for hydroxylation is 1. The van der Waals surface area contributed by atoms with Crippen molar-refractivity contribution in [2.75, 3.05) is 37.6 Å². The van der Waals surface area contributed by atoms with E-state index in [4.69, 9.17) is 4.98 Å². The van der Waals surface area contributed by atoms with Gasteiger partial charge < -0.3 is 15.5 Å². The van der Waals surface area contributed by atoms with Crippen LogP contribution in [-0.4, -0.2) is 53.5 Å². The zero-order chi connectivity index (χ0) is 19.8. The third-order valence-electron chi connectivity index (χ3n) is 6.43. The second-order valence-corrected chi connectivity index (χ2v) is 9.00. The number of hydrogen-bond donors (Lipinski definition) is 4. The Hall–Kier alpha value is -1.52. The predicted molar refractivity (Wildman–Crippen MR) is 117 cm³/mol. The molecule has 0 spiro atoms. The van der Waals surface area contributed by atoms with Gasteiger partial charge in [0.25, 0.3) is 0 Å². The summed E-state index contributed by atoms with van der Waals surface area (Å²) >= 11 is 3.71. The first kappa shape index (κ1) is 19.4. The van der Waals surface area contributed by atoms with E-state index < -0.39 is 0 Å². The molecule has 4 unspecified atom stereocenters. The number of piperazine rings is 1. The lowest BCUT2D eigenvalue weighted by atomic mass is 9.82. The van der Waals surface area contributed by atoms with Gasteiger partial charge in [-0.05, 0) is 41.4 Å². The van der Waals surface area contributed by atoms with Gasteiger partial charge in [0.1, 0.15) is 5.82 Å². The molecule has 0 amide bonds. The van der Waals surface area contributed by atoms with Crippen molar-refractivity contribution in [3.05, 3.63) is 40.3 Å². The fourth-order valence-electron chi connectivity index (χ4n) is 4.77. The summed E-state index contributed by atoms with van der Waals surface area (Å²) in [4.78, 5) is 7.47. The van der Waals surface area contributed by atoms with E-state index in [1.807, 2.05) is 10.9 Å². The highest BCUT2D eigenvalue weighted by molar-refractivity contribution is 9.10. The van der Waals surface area contributed by atoms with E-state index in [2.05, 4.69) is 72.7 Å². The number of nitrogens with zero attached hydrogens (tertiary/aromatic N) is 4. The van der Waals surface area contributed by atoms with E-state index in [0.29, 0.717) is 18.0 Å². The summed E-state index contributed by atoms with van der Waals surface area (Å²) in [6.45, 7) is 7.96. The highest BCUT2D eigenvalue weighted by atomic mass is 79.9. The second kappa shape index (κ2) is 8.31. The van der Waals surface area contributed by atoms with Crippen molar-refractivity contribution in [1.29, 1.82) is 0 Å². The standard InChI is InChI=1S/C20H29BrN8/c1-2-29-12-13(10-24-29)17-9-14-18(11-23-17)26-27-19(14)16-4-3-15(21)20(25-16)28-7-5-22-6-8-28/h3-4,10,12,14,17-19,22-23,26-27H,2,5-9,11H2,1H3. The number of rotatable bonds is 4. The Kier molecular flexibility index (Phi) is 5.57. The van der Waals surface area contributed by atoms with Gasteiger partial charge in [0.2, 0.25) is 0 Å². The van der Waals surface area contributed by atoms with Crippen LogP contribution in [0.15, 0.2) is 29.0 Å². The van der Waals surface area contributed by atoms with Crippen molar-refractivity contribution in [3.63, 3.8) is 0 Å². The molecular weight excluding hydrogens is 432 g/mol. The number of pyridine rings is 1. The molecule has 0 saturated carbocycles. The Bertz CT molecular complexity index is 849. The average molecular weight is 461 g/mol. The van der Waals surface area contributed by atoms with Crippen molar-refractivity contribution < 1.29 is 0 Å². The Morgan fingerprint density at radius 3 is 2.86 bits per heavy atom. The first-order valence-electron chi connectivity index (χ1n) is 10.6. The molecule has 5 heterocycles. The summed E-state index contributed by atoms with van der Waals surface area (Å²) in [5.74, 6) is 1.54. The van der Waals surface area contributed by atoms with Crippen LogP contribution in [0, 0.1) is 5.92 Å². The van der Waals surface area contributed by atoms with E-state index in [-0.39, 0.29) is 6.04 Å². The van der Waals surface area contributed by atoms with Gasteiger partial charge >= 0.3 is 0 Å². The first-order valence-corrected chi connectivity index (χ1v) is 11.4. The Balaban J connectivity index is 1.37. The van der Waals surface area contributed by atoms with E-state index in [9.17, 15) is 0 Å². The minimum Gasteiger partial charge on any atom is -0.353 e. The molecule has 9 heteroatoms. The van der Waals surface area contributed by atoms with Crippen molar-refractivity contribution in [1.82, 2.24) is 36.2 Å². The zero-order valence-electron chi connectivity index (χ0n) is 16.7. The fourth-order valence-corrected chi connectivity index (χ4v) is 5.24. The van der Waals surface area contributed by atoms with Crippen LogP contribution in [0.2, 0.25) is 0 Å². The number of fused-ring (bicyclic) bond motifs is 1. The molecule has 4 N–H and O–H groups in total. The second-order valence-electron chi connectivity index (χ2n) is 8.14. The van der Waals surface area contributed by atoms with Gasteiger partial charge in [-0.25, -0.2) is 10.4 Å². The van der Waals surface area contributed by atoms with Gasteiger partial charge in [0, 0.05) is 69.0 Å². The lowest BCUT2D eigenvalue weighted by Crippen LogP contribution is -2.46. The van der Waals surface area contributed by atoms with Crippen molar-refractivity contribution in [3.8, 4) is 0 Å². The number of hydrogen-bond acceptors (Lipinski definition) is 7. The summed E-state index contributed by atoms with van der Waals surface area (Å²) in [6, 6.07) is 5.26. The normalized spacial score (nSPS) is 29.8. The van der Waals surface area contributed by atoms with Gasteiger partial charge in [0.05, 0.1) is 22.4 Å². The maximum Gasteiger partial charge on any atom is 0.143 e. The van der Waals surface area contributed by atoms with Crippen molar-refractivity contribution in [2.24, 2.45) is 5.92 Å². The SMILES string of the molecule is CCn1cc(C2CC3C(CN2)NNC3c2ccc(Br)c(N3CCNCC3)n2)cn1. The topological polar surface area (TPSA) is 82.1 Å². The van der Waals surface area contributed by atoms with Crippen LogP contribution in [-0.2, 0) is 6.54 Å². The summed E-state index contributed by atoms with van der Waals surface area (Å²) in [5, 5.41) is 11.6. The van der Waals surface area contributed by atoms with Gasteiger partial charge in [-0.1, -0.05) is 0 Å². The number of nitrogens with one attached hydrogen (secondary N) is 4. The summed E-state index contributed by atoms with van der Waals surface area (Å²) in [7, 11) is 0. The number of piperidine rings is 1. The van der Waals surface area contributed by atoms with E-state index in [1.54, 1.807) is 0 Å². The summed E-state index contributed by atoms with van der Waals surface area (Å²) < 4.78 is 3.07. The van der Waals surface area contributed by atoms with Gasteiger partial charge in [-0.2, -0.15) is 5.10 Å². The molecule has 3 aliphatic rings. The van der Waals surface area contributed by atoms with Crippen LogP contribution in [0.3, 0.4) is 0 Å². The molecule has 8 nitrogen and oxygen atoms in total. The number of aromatic nitrogens is 3. The molecule has 5 rings (SSSR count). The van der Waals surface area contributed by atoms with Gasteiger partial charge in [-0.15, -0.1) is 0 Å². The third-order valence-corrected chi connectivity index (χ3v) is 7.04. The maximum absolute atomic E-state index is 5.10. The quantitative estimate of drug-likeness (QED) is 0.547. The van der Waals surface area contributed by atoms with Crippen LogP contribution in [0.1, 0.15) is 36.7 Å². The Labute approximate surface area is 179 Å². The summed E-state index contributed by atoms with van der Waals surface area (Å²) in [6.07, 6.45) is 5.24. The molecule has 2 aromatic rings. The van der Waals surface area contributed by atoms with E-state index in [0.717, 1.165) is 61.7 Å². The largest absolute Gasteiger partial charge is 0.353 e. The predicted octanol–water partition coefficient (Wildman–Crippen LogP) is 1.34. The van der Waals surface area contributed by atoms with E-state index in [1.165, 1.54) is 5.56 Å². The molecule has 156 valence electrons. The van der Waals surface area contributed by atoms with Crippen LogP contribution in [0.25, 0.3) is 0 Å². The highest BCUT2D eigenvalue weighted by Gasteiger charge is 2.42. The van der Waals surface area contributed by atoms with Gasteiger partial charge in [0.15, 0.2) is 0 Å².